The van der Waals surface area contributed by atoms with Gasteiger partial charge < -0.3 is 9.84 Å². The minimum absolute atomic E-state index is 0.407. The zero-order chi connectivity index (χ0) is 15.5. The van der Waals surface area contributed by atoms with Gasteiger partial charge in [0, 0.05) is 18.7 Å². The summed E-state index contributed by atoms with van der Waals surface area (Å²) in [6.45, 7) is 2.20. The number of nitrogens with zero attached hydrogens (tertiary/aromatic N) is 2. The lowest BCUT2D eigenvalue weighted by Crippen LogP contribution is -2.11. The van der Waals surface area contributed by atoms with Gasteiger partial charge in [0.1, 0.15) is 0 Å². The highest BCUT2D eigenvalue weighted by atomic mass is 32.2. The average molecular weight is 317 g/mol. The van der Waals surface area contributed by atoms with Crippen LogP contribution in [0, 0.1) is 6.92 Å². The van der Waals surface area contributed by atoms with E-state index in [-0.39, 0.29) is 0 Å². The van der Waals surface area contributed by atoms with Crippen molar-refractivity contribution in [2.75, 3.05) is 11.9 Å². The van der Waals surface area contributed by atoms with Gasteiger partial charge >= 0.3 is 5.76 Å². The van der Waals surface area contributed by atoms with Crippen LogP contribution in [-0.2, 0) is 16.3 Å². The van der Waals surface area contributed by atoms with Crippen molar-refractivity contribution in [3.63, 3.8) is 0 Å². The van der Waals surface area contributed by atoms with Gasteiger partial charge in [-0.15, -0.1) is 0 Å². The molecule has 0 bridgehead atoms. The number of aromatic nitrogens is 2. The Hall–Kier alpha value is -2.03. The summed E-state index contributed by atoms with van der Waals surface area (Å²) in [5, 5.41) is 6.65. The van der Waals surface area contributed by atoms with Gasteiger partial charge in [0.25, 0.3) is 0 Å². The highest BCUT2D eigenvalue weighted by Gasteiger charge is 2.26. The molecule has 1 N–H and O–H groups in total. The minimum Gasteiger partial charge on any atom is -0.385 e. The lowest BCUT2D eigenvalue weighted by atomic mass is 10.3. The monoisotopic (exact) mass is 317 g/mol. The average Bonchev–Trinajstić information content (AvgIpc) is 2.85. The number of nitrogens with one attached hydrogen (secondary N) is 1. The highest BCUT2D eigenvalue weighted by Crippen LogP contribution is 2.20. The Kier molecular flexibility index (Phi) is 4.51. The molecule has 114 valence electrons. The van der Waals surface area contributed by atoms with Gasteiger partial charge in [-0.3, -0.25) is 0 Å². The van der Waals surface area contributed by atoms with E-state index in [9.17, 15) is 17.2 Å². The summed E-state index contributed by atoms with van der Waals surface area (Å²) in [5.74, 6) is -2.39. The molecule has 0 spiro atoms. The maximum absolute atomic E-state index is 12.4. The maximum atomic E-state index is 12.4. The smallest absolute Gasteiger partial charge is 0.341 e. The molecule has 0 saturated heterocycles. The first kappa shape index (κ1) is 15.4. The molecule has 2 rings (SSSR count). The summed E-state index contributed by atoms with van der Waals surface area (Å²) in [6.07, 6.45) is 0.498. The summed E-state index contributed by atoms with van der Waals surface area (Å²) < 4.78 is 52.2. The van der Waals surface area contributed by atoms with Gasteiger partial charge in [0.15, 0.2) is 5.82 Å². The zero-order valence-corrected chi connectivity index (χ0v) is 11.9. The van der Waals surface area contributed by atoms with Crippen molar-refractivity contribution in [2.45, 2.75) is 24.0 Å². The number of sulfone groups is 1. The second-order valence-corrected chi connectivity index (χ2v) is 6.16. The standard InChI is InChI=1S/C12H13F2N3O3S/c1-8-16-11(20-17-8)6-7-15-9-2-4-10(5-3-9)21(18,19)12(13)14/h2-5,12,15H,6-7H2,1H3. The second kappa shape index (κ2) is 6.17. The Balaban J connectivity index is 1.94. The van der Waals surface area contributed by atoms with Crippen LogP contribution in [0.1, 0.15) is 11.7 Å². The van der Waals surface area contributed by atoms with E-state index in [0.717, 1.165) is 12.1 Å². The number of aryl methyl sites for hydroxylation is 1. The van der Waals surface area contributed by atoms with Crippen LogP contribution >= 0.6 is 0 Å². The summed E-state index contributed by atoms with van der Waals surface area (Å²) >= 11 is 0. The second-order valence-electron chi connectivity index (χ2n) is 4.24. The molecule has 21 heavy (non-hydrogen) atoms. The number of hydrogen-bond acceptors (Lipinski definition) is 6. The molecule has 0 atom stereocenters. The number of rotatable bonds is 6. The van der Waals surface area contributed by atoms with Crippen LogP contribution in [0.25, 0.3) is 0 Å². The fourth-order valence-electron chi connectivity index (χ4n) is 1.62. The number of anilines is 1. The molecule has 6 nitrogen and oxygen atoms in total. The Morgan fingerprint density at radius 2 is 1.95 bits per heavy atom. The summed E-state index contributed by atoms with van der Waals surface area (Å²) in [6, 6.07) is 5.13. The number of halogens is 2. The predicted octanol–water partition coefficient (Wildman–Crippen LogP) is 2.03. The first-order valence-corrected chi connectivity index (χ1v) is 7.59. The molecule has 0 aliphatic carbocycles. The van der Waals surface area contributed by atoms with Gasteiger partial charge in [-0.05, 0) is 31.2 Å². The van der Waals surface area contributed by atoms with E-state index in [0.29, 0.717) is 30.4 Å². The fourth-order valence-corrected chi connectivity index (χ4v) is 2.34. The predicted molar refractivity (Wildman–Crippen MR) is 70.9 cm³/mol. The van der Waals surface area contributed by atoms with E-state index in [4.69, 9.17) is 4.52 Å². The molecule has 0 saturated carbocycles. The van der Waals surface area contributed by atoms with Crippen molar-refractivity contribution in [2.24, 2.45) is 0 Å². The quantitative estimate of drug-likeness (QED) is 0.877. The normalized spacial score (nSPS) is 11.8. The lowest BCUT2D eigenvalue weighted by Gasteiger charge is -2.06. The lowest BCUT2D eigenvalue weighted by molar-refractivity contribution is 0.234. The van der Waals surface area contributed by atoms with Crippen LogP contribution in [-0.4, -0.2) is 30.9 Å². The van der Waals surface area contributed by atoms with Crippen molar-refractivity contribution >= 4 is 15.5 Å². The summed E-state index contributed by atoms with van der Waals surface area (Å²) in [4.78, 5) is 3.62. The van der Waals surface area contributed by atoms with Gasteiger partial charge in [-0.2, -0.15) is 13.8 Å². The highest BCUT2D eigenvalue weighted by molar-refractivity contribution is 7.91. The molecule has 1 aromatic carbocycles. The van der Waals surface area contributed by atoms with Crippen LogP contribution in [0.2, 0.25) is 0 Å². The summed E-state index contributed by atoms with van der Waals surface area (Å²) in [7, 11) is -4.55. The van der Waals surface area contributed by atoms with E-state index in [1.54, 1.807) is 6.92 Å². The zero-order valence-electron chi connectivity index (χ0n) is 11.1. The molecular formula is C12H13F2N3O3S. The number of benzene rings is 1. The van der Waals surface area contributed by atoms with Crippen molar-refractivity contribution in [1.82, 2.24) is 10.1 Å². The van der Waals surface area contributed by atoms with E-state index in [1.165, 1.54) is 12.1 Å². The molecule has 0 fully saturated rings. The van der Waals surface area contributed by atoms with Crippen LogP contribution in [0.4, 0.5) is 14.5 Å². The Morgan fingerprint density at radius 3 is 2.48 bits per heavy atom. The Bertz CT molecular complexity index is 699. The van der Waals surface area contributed by atoms with Gasteiger partial charge in [0.2, 0.25) is 15.7 Å². The molecular weight excluding hydrogens is 304 g/mol. The molecule has 0 unspecified atom stereocenters. The van der Waals surface area contributed by atoms with Crippen LogP contribution in [0.5, 0.6) is 0 Å². The summed E-state index contributed by atoms with van der Waals surface area (Å²) in [5.41, 5.74) is 0.611. The van der Waals surface area contributed by atoms with E-state index in [1.807, 2.05) is 0 Å². The van der Waals surface area contributed by atoms with Crippen molar-refractivity contribution < 1.29 is 21.7 Å². The van der Waals surface area contributed by atoms with Gasteiger partial charge in [0.05, 0.1) is 4.90 Å². The largest absolute Gasteiger partial charge is 0.385 e. The molecule has 0 amide bonds. The molecule has 0 aliphatic rings. The van der Waals surface area contributed by atoms with Crippen molar-refractivity contribution in [1.29, 1.82) is 0 Å². The first-order chi connectivity index (χ1) is 9.89. The van der Waals surface area contributed by atoms with Crippen LogP contribution in [0.3, 0.4) is 0 Å². The van der Waals surface area contributed by atoms with E-state index >= 15 is 0 Å². The van der Waals surface area contributed by atoms with E-state index < -0.39 is 20.5 Å². The molecule has 1 aromatic heterocycles. The Labute approximate surface area is 120 Å². The number of alkyl halides is 2. The maximum Gasteiger partial charge on any atom is 0.341 e. The molecule has 0 aliphatic heterocycles. The van der Waals surface area contributed by atoms with Gasteiger partial charge in [-0.1, -0.05) is 5.16 Å². The van der Waals surface area contributed by atoms with Crippen molar-refractivity contribution in [3.05, 3.63) is 36.0 Å². The molecule has 2 aromatic rings. The third-order valence-electron chi connectivity index (χ3n) is 2.66. The van der Waals surface area contributed by atoms with Crippen LogP contribution < -0.4 is 5.32 Å². The SMILES string of the molecule is Cc1noc(CCNc2ccc(S(=O)(=O)C(F)F)cc2)n1. The fraction of sp³-hybridized carbons (Fsp3) is 0.333. The topological polar surface area (TPSA) is 85.1 Å². The molecule has 0 radical (unpaired) electrons. The van der Waals surface area contributed by atoms with Crippen LogP contribution in [0.15, 0.2) is 33.7 Å². The van der Waals surface area contributed by atoms with E-state index in [2.05, 4.69) is 15.5 Å². The van der Waals surface area contributed by atoms with Gasteiger partial charge in [-0.25, -0.2) is 8.42 Å². The minimum atomic E-state index is -4.55. The molecule has 9 heteroatoms. The third-order valence-corrected chi connectivity index (χ3v) is 4.05. The molecule has 1 heterocycles. The Morgan fingerprint density at radius 1 is 1.29 bits per heavy atom. The third kappa shape index (κ3) is 3.75. The first-order valence-electron chi connectivity index (χ1n) is 6.05. The van der Waals surface area contributed by atoms with Crippen molar-refractivity contribution in [3.8, 4) is 0 Å². The number of hydrogen-bond donors (Lipinski definition) is 1.